The van der Waals surface area contributed by atoms with Gasteiger partial charge in [-0.25, -0.2) is 4.84 Å². The smallest absolute Gasteiger partial charge is 0.0361 e. The lowest BCUT2D eigenvalue weighted by atomic mass is 10.3. The predicted octanol–water partition coefficient (Wildman–Crippen LogP) is 2.24. The SMILES string of the molecule is ClCCNCl.Nc1ccccc1. The summed E-state index contributed by atoms with van der Waals surface area (Å²) >= 11 is 10.1. The number of para-hydroxylation sites is 1. The van der Waals surface area contributed by atoms with E-state index in [1.807, 2.05) is 30.3 Å². The monoisotopic (exact) mass is 206 g/mol. The van der Waals surface area contributed by atoms with Gasteiger partial charge in [0.05, 0.1) is 0 Å². The van der Waals surface area contributed by atoms with Crippen molar-refractivity contribution < 1.29 is 0 Å². The van der Waals surface area contributed by atoms with Crippen molar-refractivity contribution in [3.8, 4) is 0 Å². The summed E-state index contributed by atoms with van der Waals surface area (Å²) in [4.78, 5) is 2.36. The number of benzene rings is 1. The quantitative estimate of drug-likeness (QED) is 0.443. The Kier molecular flexibility index (Phi) is 8.34. The lowest BCUT2D eigenvalue weighted by Crippen LogP contribution is -2.00. The molecule has 0 spiro atoms. The highest BCUT2D eigenvalue weighted by Gasteiger charge is 1.72. The van der Waals surface area contributed by atoms with E-state index >= 15 is 0 Å². The van der Waals surface area contributed by atoms with E-state index < -0.39 is 0 Å². The molecule has 1 aromatic rings. The topological polar surface area (TPSA) is 38.0 Å². The molecule has 2 nitrogen and oxygen atoms in total. The van der Waals surface area contributed by atoms with Gasteiger partial charge in [-0.15, -0.1) is 11.6 Å². The summed E-state index contributed by atoms with van der Waals surface area (Å²) in [5.74, 6) is 0.573. The Morgan fingerprint density at radius 1 is 1.25 bits per heavy atom. The van der Waals surface area contributed by atoms with E-state index in [-0.39, 0.29) is 0 Å². The standard InChI is InChI=1S/C6H7N.C2H5Cl2N/c7-6-4-2-1-3-5-6;3-1-2-5-4/h1-5H,7H2;5H,1-2H2. The zero-order chi connectivity index (χ0) is 9.23. The summed E-state index contributed by atoms with van der Waals surface area (Å²) in [6.07, 6.45) is 0. The molecule has 0 aliphatic rings. The van der Waals surface area contributed by atoms with Crippen molar-refractivity contribution in [1.82, 2.24) is 4.84 Å². The largest absolute Gasteiger partial charge is 0.399 e. The van der Waals surface area contributed by atoms with Crippen LogP contribution in [-0.4, -0.2) is 12.4 Å². The van der Waals surface area contributed by atoms with Crippen LogP contribution >= 0.6 is 23.4 Å². The summed E-state index contributed by atoms with van der Waals surface area (Å²) in [6, 6.07) is 9.49. The second kappa shape index (κ2) is 8.65. The highest BCUT2D eigenvalue weighted by molar-refractivity contribution is 6.19. The molecule has 0 saturated heterocycles. The van der Waals surface area contributed by atoms with Gasteiger partial charge in [0.25, 0.3) is 0 Å². The maximum atomic E-state index is 5.36. The molecule has 1 aromatic carbocycles. The van der Waals surface area contributed by atoms with Crippen LogP contribution in [0, 0.1) is 0 Å². The molecule has 0 radical (unpaired) electrons. The van der Waals surface area contributed by atoms with E-state index in [9.17, 15) is 0 Å². The number of halogens is 2. The molecule has 0 aliphatic carbocycles. The number of anilines is 1. The van der Waals surface area contributed by atoms with Gasteiger partial charge in [0.15, 0.2) is 0 Å². The van der Waals surface area contributed by atoms with Crippen molar-refractivity contribution >= 4 is 29.1 Å². The molecule has 0 unspecified atom stereocenters. The van der Waals surface area contributed by atoms with Crippen LogP contribution in [-0.2, 0) is 0 Å². The Balaban J connectivity index is 0.000000217. The van der Waals surface area contributed by atoms with Gasteiger partial charge in [0, 0.05) is 18.1 Å². The first kappa shape index (κ1) is 11.6. The molecule has 4 heteroatoms. The fourth-order valence-corrected chi connectivity index (χ4v) is 0.774. The number of alkyl halides is 1. The number of nitrogen functional groups attached to an aromatic ring is 1. The Labute approximate surface area is 82.8 Å². The van der Waals surface area contributed by atoms with E-state index in [1.54, 1.807) is 0 Å². The molecule has 0 saturated carbocycles. The highest BCUT2D eigenvalue weighted by atomic mass is 35.5. The maximum Gasteiger partial charge on any atom is 0.0361 e. The average Bonchev–Trinajstić information content (AvgIpc) is 2.08. The lowest BCUT2D eigenvalue weighted by molar-refractivity contribution is 1.03. The van der Waals surface area contributed by atoms with Gasteiger partial charge >= 0.3 is 0 Å². The summed E-state index contributed by atoms with van der Waals surface area (Å²) in [7, 11) is 0. The molecule has 0 aliphatic heterocycles. The lowest BCUT2D eigenvalue weighted by Gasteiger charge is -1.83. The van der Waals surface area contributed by atoms with Crippen LogP contribution < -0.4 is 10.6 Å². The molecular weight excluding hydrogens is 195 g/mol. The van der Waals surface area contributed by atoms with E-state index in [0.717, 1.165) is 5.69 Å². The van der Waals surface area contributed by atoms with E-state index in [4.69, 9.17) is 29.1 Å². The van der Waals surface area contributed by atoms with Crippen LogP contribution in [0.2, 0.25) is 0 Å². The summed E-state index contributed by atoms with van der Waals surface area (Å²) in [5, 5.41) is 0. The number of hydrogen-bond acceptors (Lipinski definition) is 2. The van der Waals surface area contributed by atoms with E-state index in [1.165, 1.54) is 0 Å². The second-order valence-electron chi connectivity index (χ2n) is 1.98. The highest BCUT2D eigenvalue weighted by Crippen LogP contribution is 1.95. The van der Waals surface area contributed by atoms with Crippen molar-refractivity contribution in [3.63, 3.8) is 0 Å². The Hall–Kier alpha value is -0.440. The van der Waals surface area contributed by atoms with Crippen molar-refractivity contribution in [3.05, 3.63) is 30.3 Å². The minimum Gasteiger partial charge on any atom is -0.399 e. The van der Waals surface area contributed by atoms with Crippen molar-refractivity contribution in [1.29, 1.82) is 0 Å². The third-order valence-electron chi connectivity index (χ3n) is 0.989. The molecule has 0 fully saturated rings. The van der Waals surface area contributed by atoms with Gasteiger partial charge in [-0.05, 0) is 23.9 Å². The van der Waals surface area contributed by atoms with Crippen molar-refractivity contribution in [2.75, 3.05) is 18.2 Å². The first-order valence-electron chi connectivity index (χ1n) is 3.51. The predicted molar refractivity (Wildman–Crippen MR) is 55.4 cm³/mol. The zero-order valence-corrected chi connectivity index (χ0v) is 8.15. The molecule has 1 rings (SSSR count). The number of rotatable bonds is 2. The Bertz CT molecular complexity index is 178. The van der Waals surface area contributed by atoms with Gasteiger partial charge in [0.2, 0.25) is 0 Å². The molecule has 0 atom stereocenters. The van der Waals surface area contributed by atoms with Crippen LogP contribution in [0.3, 0.4) is 0 Å². The third kappa shape index (κ3) is 7.66. The van der Waals surface area contributed by atoms with Crippen LogP contribution in [0.4, 0.5) is 5.69 Å². The van der Waals surface area contributed by atoms with Gasteiger partial charge in [-0.2, -0.15) is 0 Å². The normalized spacial score (nSPS) is 8.50. The van der Waals surface area contributed by atoms with Crippen molar-refractivity contribution in [2.24, 2.45) is 0 Å². The van der Waals surface area contributed by atoms with E-state index in [2.05, 4.69) is 4.84 Å². The average molecular weight is 207 g/mol. The molecule has 0 aromatic heterocycles. The molecule has 12 heavy (non-hydrogen) atoms. The van der Waals surface area contributed by atoms with Crippen LogP contribution in [0.1, 0.15) is 0 Å². The molecule has 68 valence electrons. The van der Waals surface area contributed by atoms with Crippen LogP contribution in [0.15, 0.2) is 30.3 Å². The molecule has 0 bridgehead atoms. The summed E-state index contributed by atoms with van der Waals surface area (Å²) < 4.78 is 0. The first-order chi connectivity index (χ1) is 5.81. The number of nitrogens with one attached hydrogen (secondary N) is 1. The maximum absolute atomic E-state index is 5.36. The van der Waals surface area contributed by atoms with Gasteiger partial charge in [-0.1, -0.05) is 18.2 Å². The fourth-order valence-electron chi connectivity index (χ4n) is 0.489. The Morgan fingerprint density at radius 3 is 2.00 bits per heavy atom. The van der Waals surface area contributed by atoms with E-state index in [0.29, 0.717) is 12.4 Å². The minimum absolute atomic E-state index is 0.573. The van der Waals surface area contributed by atoms with Gasteiger partial charge in [-0.3, -0.25) is 0 Å². The van der Waals surface area contributed by atoms with Crippen molar-refractivity contribution in [2.45, 2.75) is 0 Å². The first-order valence-corrected chi connectivity index (χ1v) is 4.42. The summed E-state index contributed by atoms with van der Waals surface area (Å²) in [5.41, 5.74) is 6.18. The Morgan fingerprint density at radius 2 is 1.83 bits per heavy atom. The molecule has 3 N–H and O–H groups in total. The molecular formula is C8H12Cl2N2. The zero-order valence-electron chi connectivity index (χ0n) is 6.63. The third-order valence-corrected chi connectivity index (χ3v) is 1.37. The molecule has 0 heterocycles. The number of nitrogens with two attached hydrogens (primary N) is 1. The second-order valence-corrected chi connectivity index (χ2v) is 2.63. The fraction of sp³-hybridized carbons (Fsp3) is 0.250. The number of hydrogen-bond donors (Lipinski definition) is 2. The van der Waals surface area contributed by atoms with Gasteiger partial charge < -0.3 is 5.73 Å². The summed E-state index contributed by atoms with van der Waals surface area (Å²) in [6.45, 7) is 0.670. The van der Waals surface area contributed by atoms with Crippen LogP contribution in [0.5, 0.6) is 0 Å². The van der Waals surface area contributed by atoms with Crippen LogP contribution in [0.25, 0.3) is 0 Å². The minimum atomic E-state index is 0.573. The van der Waals surface area contributed by atoms with Gasteiger partial charge in [0.1, 0.15) is 0 Å². The molecule has 0 amide bonds.